The van der Waals surface area contributed by atoms with Crippen molar-refractivity contribution in [1.82, 2.24) is 15.5 Å². The van der Waals surface area contributed by atoms with Crippen LogP contribution in [0, 0.1) is 23.6 Å². The highest BCUT2D eigenvalue weighted by Gasteiger charge is 2.46. The summed E-state index contributed by atoms with van der Waals surface area (Å²) < 4.78 is 19.2. The van der Waals surface area contributed by atoms with E-state index >= 15 is 0 Å². The Morgan fingerprint density at radius 1 is 1.12 bits per heavy atom. The highest BCUT2D eigenvalue weighted by molar-refractivity contribution is 5.90. The zero-order valence-electron chi connectivity index (χ0n) is 18.1. The monoisotopic (exact) mass is 439 g/mol. The first-order chi connectivity index (χ1) is 15.6. The lowest BCUT2D eigenvalue weighted by atomic mass is 9.85. The lowest BCUT2D eigenvalue weighted by molar-refractivity contribution is 0.0593. The Bertz CT molecular complexity index is 932. The summed E-state index contributed by atoms with van der Waals surface area (Å²) in [6.45, 7) is 2.80. The second-order valence-electron chi connectivity index (χ2n) is 9.34. The Balaban J connectivity index is 1.37. The van der Waals surface area contributed by atoms with Crippen molar-refractivity contribution in [3.05, 3.63) is 47.9 Å². The summed E-state index contributed by atoms with van der Waals surface area (Å²) in [6, 6.07) is 10.7. The zero-order chi connectivity index (χ0) is 22.1. The first-order valence-corrected chi connectivity index (χ1v) is 11.6. The molecule has 5 rings (SSSR count). The van der Waals surface area contributed by atoms with E-state index in [1.807, 2.05) is 0 Å². The molecule has 0 spiro atoms. The van der Waals surface area contributed by atoms with Crippen molar-refractivity contribution in [2.75, 3.05) is 24.7 Å². The Morgan fingerprint density at radius 2 is 1.91 bits per heavy atom. The predicted octanol–water partition coefficient (Wildman–Crippen LogP) is 3.04. The van der Waals surface area contributed by atoms with E-state index in [9.17, 15) is 9.18 Å². The van der Waals surface area contributed by atoms with E-state index in [1.54, 1.807) is 24.3 Å². The first kappa shape index (κ1) is 21.3. The molecule has 3 N–H and O–H groups in total. The van der Waals surface area contributed by atoms with Gasteiger partial charge in [0.25, 0.3) is 5.91 Å². The quantitative estimate of drug-likeness (QED) is 0.719. The van der Waals surface area contributed by atoms with Gasteiger partial charge in [-0.1, -0.05) is 0 Å². The Labute approximate surface area is 187 Å². The number of aromatic nitrogens is 2. The second-order valence-corrected chi connectivity index (χ2v) is 9.34. The van der Waals surface area contributed by atoms with Gasteiger partial charge in [-0.3, -0.25) is 4.79 Å². The third kappa shape index (κ3) is 4.34. The Hall–Kier alpha value is -2.58. The number of hydrogen-bond acceptors (Lipinski definition) is 6. The van der Waals surface area contributed by atoms with Crippen LogP contribution in [0.15, 0.2) is 36.4 Å². The number of nitrogens with two attached hydrogens (primary N) is 1. The average Bonchev–Trinajstić information content (AvgIpc) is 3.38. The zero-order valence-corrected chi connectivity index (χ0v) is 18.1. The molecule has 2 aromatic rings. The highest BCUT2D eigenvalue weighted by Crippen LogP contribution is 2.45. The number of benzene rings is 1. The molecular weight excluding hydrogens is 409 g/mol. The van der Waals surface area contributed by atoms with Crippen LogP contribution in [0.5, 0.6) is 0 Å². The smallest absolute Gasteiger partial charge is 0.269 e. The van der Waals surface area contributed by atoms with Crippen molar-refractivity contribution in [3.63, 3.8) is 0 Å². The van der Waals surface area contributed by atoms with E-state index in [0.29, 0.717) is 23.7 Å². The van der Waals surface area contributed by atoms with Gasteiger partial charge in [0.1, 0.15) is 5.82 Å². The van der Waals surface area contributed by atoms with Crippen LogP contribution in [-0.4, -0.2) is 47.9 Å². The maximum atomic E-state index is 13.6. The van der Waals surface area contributed by atoms with Crippen molar-refractivity contribution in [2.45, 2.75) is 44.2 Å². The highest BCUT2D eigenvalue weighted by atomic mass is 19.1. The number of nitrogens with zero attached hydrogens (tertiary/aromatic N) is 3. The molecule has 7 nitrogen and oxygen atoms in total. The van der Waals surface area contributed by atoms with Crippen LogP contribution in [-0.2, 0) is 4.74 Å². The summed E-state index contributed by atoms with van der Waals surface area (Å²) in [6.07, 6.45) is 5.60. The topological polar surface area (TPSA) is 93.4 Å². The van der Waals surface area contributed by atoms with Gasteiger partial charge in [-0.25, -0.2) is 4.39 Å². The normalized spacial score (nSPS) is 27.9. The van der Waals surface area contributed by atoms with E-state index in [-0.39, 0.29) is 17.6 Å². The molecule has 3 aliphatic rings. The SMILES string of the molecule is NC(=O)c1ccc(N(c2ccc(F)cc2)[C@H]2C[C@@H]3CN[C@@H](CC4CCOCC4)[C@H]3C2)nn1. The number of halogens is 1. The summed E-state index contributed by atoms with van der Waals surface area (Å²) in [7, 11) is 0. The molecule has 32 heavy (non-hydrogen) atoms. The van der Waals surface area contributed by atoms with Gasteiger partial charge in [0.2, 0.25) is 0 Å². The molecule has 170 valence electrons. The molecule has 1 aromatic carbocycles. The van der Waals surface area contributed by atoms with Crippen LogP contribution in [0.1, 0.15) is 42.6 Å². The number of carbonyl (C=O) groups excluding carboxylic acids is 1. The third-order valence-electron chi connectivity index (χ3n) is 7.43. The summed E-state index contributed by atoms with van der Waals surface area (Å²) in [5.41, 5.74) is 6.35. The van der Waals surface area contributed by atoms with Crippen molar-refractivity contribution < 1.29 is 13.9 Å². The van der Waals surface area contributed by atoms with Crippen LogP contribution < -0.4 is 16.0 Å². The number of hydrogen-bond donors (Lipinski definition) is 2. The van der Waals surface area contributed by atoms with E-state index in [1.165, 1.54) is 18.6 Å². The molecule has 2 aliphatic heterocycles. The Morgan fingerprint density at radius 3 is 2.59 bits per heavy atom. The standard InChI is InChI=1S/C24H30FN5O2/c25-17-1-3-18(4-2-17)30(23-6-5-21(24(26)31)28-29-23)19-12-16-14-27-22(20(16)13-19)11-15-7-9-32-10-8-15/h1-6,15-16,19-20,22,27H,7-14H2,(H2,26,31)/t16-,19+,20+,22+/m1/s1. The number of nitrogens with one attached hydrogen (secondary N) is 1. The molecular formula is C24H30FN5O2. The molecule has 0 radical (unpaired) electrons. The molecule has 1 amide bonds. The second kappa shape index (κ2) is 9.11. The van der Waals surface area contributed by atoms with E-state index in [4.69, 9.17) is 10.5 Å². The molecule has 2 saturated heterocycles. The maximum Gasteiger partial charge on any atom is 0.269 e. The van der Waals surface area contributed by atoms with Gasteiger partial charge in [0.05, 0.1) is 0 Å². The van der Waals surface area contributed by atoms with E-state index in [2.05, 4.69) is 20.4 Å². The van der Waals surface area contributed by atoms with Crippen molar-refractivity contribution in [1.29, 1.82) is 0 Å². The fourth-order valence-corrected chi connectivity index (χ4v) is 5.84. The molecule has 1 saturated carbocycles. The fraction of sp³-hybridized carbons (Fsp3) is 0.542. The van der Waals surface area contributed by atoms with Gasteiger partial charge in [-0.2, -0.15) is 0 Å². The van der Waals surface area contributed by atoms with Crippen LogP contribution >= 0.6 is 0 Å². The van der Waals surface area contributed by atoms with Gasteiger partial charge >= 0.3 is 0 Å². The number of ether oxygens (including phenoxy) is 1. The predicted molar refractivity (Wildman–Crippen MR) is 119 cm³/mol. The lowest BCUT2D eigenvalue weighted by Crippen LogP contribution is -2.35. The lowest BCUT2D eigenvalue weighted by Gasteiger charge is -2.32. The molecule has 0 unspecified atom stereocenters. The van der Waals surface area contributed by atoms with Crippen LogP contribution in [0.25, 0.3) is 0 Å². The van der Waals surface area contributed by atoms with Crippen LogP contribution in [0.3, 0.4) is 0 Å². The number of amides is 1. The molecule has 1 aromatic heterocycles. The number of anilines is 2. The van der Waals surface area contributed by atoms with Crippen LogP contribution in [0.4, 0.5) is 15.9 Å². The minimum Gasteiger partial charge on any atom is -0.381 e. The van der Waals surface area contributed by atoms with Crippen molar-refractivity contribution >= 4 is 17.4 Å². The van der Waals surface area contributed by atoms with Gasteiger partial charge in [-0.15, -0.1) is 10.2 Å². The minimum absolute atomic E-state index is 0.136. The average molecular weight is 440 g/mol. The molecule has 8 heteroatoms. The maximum absolute atomic E-state index is 13.6. The van der Waals surface area contributed by atoms with Gasteiger partial charge in [0, 0.05) is 31.0 Å². The molecule has 4 atom stereocenters. The Kier molecular flexibility index (Phi) is 6.06. The fourth-order valence-electron chi connectivity index (χ4n) is 5.84. The number of fused-ring (bicyclic) bond motifs is 1. The summed E-state index contributed by atoms with van der Waals surface area (Å²) >= 11 is 0. The van der Waals surface area contributed by atoms with Crippen molar-refractivity contribution in [3.8, 4) is 0 Å². The third-order valence-corrected chi connectivity index (χ3v) is 7.43. The largest absolute Gasteiger partial charge is 0.381 e. The number of rotatable bonds is 6. The van der Waals surface area contributed by atoms with Gasteiger partial charge < -0.3 is 20.7 Å². The molecule has 1 aliphatic carbocycles. The molecule has 3 fully saturated rings. The first-order valence-electron chi connectivity index (χ1n) is 11.6. The number of primary amides is 1. The summed E-state index contributed by atoms with van der Waals surface area (Å²) in [5, 5.41) is 12.1. The van der Waals surface area contributed by atoms with Gasteiger partial charge in [0.15, 0.2) is 11.5 Å². The summed E-state index contributed by atoms with van der Waals surface area (Å²) in [5.74, 6) is 1.75. The minimum atomic E-state index is -0.602. The van der Waals surface area contributed by atoms with Gasteiger partial charge in [-0.05, 0) is 92.8 Å². The summed E-state index contributed by atoms with van der Waals surface area (Å²) in [4.78, 5) is 13.6. The van der Waals surface area contributed by atoms with E-state index < -0.39 is 5.91 Å². The van der Waals surface area contributed by atoms with Crippen molar-refractivity contribution in [2.24, 2.45) is 23.5 Å². The molecule has 0 bridgehead atoms. The van der Waals surface area contributed by atoms with E-state index in [0.717, 1.165) is 57.0 Å². The van der Waals surface area contributed by atoms with Crippen LogP contribution in [0.2, 0.25) is 0 Å². The number of carbonyl (C=O) groups is 1. The molecule has 3 heterocycles.